The van der Waals surface area contributed by atoms with E-state index < -0.39 is 5.97 Å². The molecule has 1 rings (SSSR count). The van der Waals surface area contributed by atoms with Crippen LogP contribution in [0, 0.1) is 0 Å². The molecular weight excluding hydrogens is 120 g/mol. The zero-order valence-corrected chi connectivity index (χ0v) is 5.13. The van der Waals surface area contributed by atoms with Crippen LogP contribution >= 0.6 is 0 Å². The topological polar surface area (TPSA) is 49.8 Å². The molecule has 0 aromatic rings. The van der Waals surface area contributed by atoms with E-state index in [4.69, 9.17) is 9.84 Å². The number of aliphatic carboxylic acids is 1. The normalized spacial score (nSPS) is 33.0. The summed E-state index contributed by atoms with van der Waals surface area (Å²) in [6, 6.07) is 0. The summed E-state index contributed by atoms with van der Waals surface area (Å²) in [4.78, 5) is 9.93. The monoisotopic (exact) mass is 128 g/mol. The van der Waals surface area contributed by atoms with Crippen LogP contribution < -0.4 is 0 Å². The van der Waals surface area contributed by atoms with E-state index in [1.54, 1.807) is 6.08 Å². The molecular formula is C6H8O3. The van der Waals surface area contributed by atoms with Crippen molar-refractivity contribution in [2.75, 3.05) is 6.61 Å². The number of carboxylic acid groups (broad SMARTS) is 1. The molecule has 1 aliphatic rings. The molecule has 3 heteroatoms. The minimum absolute atomic E-state index is 0.279. The van der Waals surface area contributed by atoms with Crippen molar-refractivity contribution >= 4 is 5.97 Å². The van der Waals surface area contributed by atoms with Gasteiger partial charge in [0, 0.05) is 6.08 Å². The Kier molecular flexibility index (Phi) is 1.29. The van der Waals surface area contributed by atoms with Crippen molar-refractivity contribution in [1.82, 2.24) is 0 Å². The fourth-order valence-corrected chi connectivity index (χ4v) is 0.458. The fraction of sp³-hybridized carbons (Fsp3) is 0.500. The number of rotatable bonds is 2. The summed E-state index contributed by atoms with van der Waals surface area (Å²) < 4.78 is 4.90. The number of epoxide rings is 1. The molecule has 3 nitrogen and oxygen atoms in total. The van der Waals surface area contributed by atoms with Gasteiger partial charge < -0.3 is 9.84 Å². The van der Waals surface area contributed by atoms with Gasteiger partial charge in [0.25, 0.3) is 0 Å². The van der Waals surface area contributed by atoms with E-state index in [0.29, 0.717) is 6.61 Å². The van der Waals surface area contributed by atoms with E-state index in [0.717, 1.165) is 6.08 Å². The largest absolute Gasteiger partial charge is 0.478 e. The predicted molar refractivity (Wildman–Crippen MR) is 31.1 cm³/mol. The lowest BCUT2D eigenvalue weighted by Crippen LogP contribution is -1.99. The molecule has 50 valence electrons. The van der Waals surface area contributed by atoms with Gasteiger partial charge in [-0.1, -0.05) is 0 Å². The van der Waals surface area contributed by atoms with E-state index in [2.05, 4.69) is 0 Å². The van der Waals surface area contributed by atoms with Crippen molar-refractivity contribution in [3.8, 4) is 0 Å². The first-order valence-electron chi connectivity index (χ1n) is 2.68. The summed E-state index contributed by atoms with van der Waals surface area (Å²) in [6.07, 6.45) is 2.66. The molecule has 1 fully saturated rings. The fourth-order valence-electron chi connectivity index (χ4n) is 0.458. The zero-order valence-electron chi connectivity index (χ0n) is 5.13. The minimum Gasteiger partial charge on any atom is -0.478 e. The summed E-state index contributed by atoms with van der Waals surface area (Å²) >= 11 is 0. The molecule has 1 heterocycles. The lowest BCUT2D eigenvalue weighted by molar-refractivity contribution is -0.131. The summed E-state index contributed by atoms with van der Waals surface area (Å²) in [5.74, 6) is -0.924. The van der Waals surface area contributed by atoms with Crippen LogP contribution in [0.5, 0.6) is 0 Å². The highest BCUT2D eigenvalue weighted by molar-refractivity contribution is 5.80. The van der Waals surface area contributed by atoms with Crippen LogP contribution in [0.1, 0.15) is 6.92 Å². The van der Waals surface area contributed by atoms with Crippen LogP contribution in [-0.2, 0) is 9.53 Å². The summed E-state index contributed by atoms with van der Waals surface area (Å²) in [5.41, 5.74) is -0.279. The number of ether oxygens (including phenoxy) is 1. The molecule has 1 saturated heterocycles. The Labute approximate surface area is 52.9 Å². The molecule has 0 radical (unpaired) electrons. The molecule has 0 bridgehead atoms. The van der Waals surface area contributed by atoms with Crippen molar-refractivity contribution in [1.29, 1.82) is 0 Å². The molecule has 0 aromatic heterocycles. The summed E-state index contributed by atoms with van der Waals surface area (Å²) in [7, 11) is 0. The quantitative estimate of drug-likeness (QED) is 0.433. The maximum absolute atomic E-state index is 9.93. The standard InChI is InChI=1S/C6H8O3/c1-6(4-9-6)3-2-5(7)8/h2-3H,4H2,1H3,(H,7,8). The van der Waals surface area contributed by atoms with Gasteiger partial charge in [-0.15, -0.1) is 0 Å². The van der Waals surface area contributed by atoms with E-state index in [1.807, 2.05) is 6.92 Å². The van der Waals surface area contributed by atoms with E-state index >= 15 is 0 Å². The first-order valence-corrected chi connectivity index (χ1v) is 2.68. The molecule has 1 unspecified atom stereocenters. The molecule has 0 spiro atoms. The Morgan fingerprint density at radius 1 is 1.89 bits per heavy atom. The summed E-state index contributed by atoms with van der Waals surface area (Å²) in [5, 5.41) is 8.16. The highest BCUT2D eigenvalue weighted by Crippen LogP contribution is 2.26. The summed E-state index contributed by atoms with van der Waals surface area (Å²) in [6.45, 7) is 2.48. The smallest absolute Gasteiger partial charge is 0.328 e. The maximum atomic E-state index is 9.93. The van der Waals surface area contributed by atoms with Crippen molar-refractivity contribution in [3.63, 3.8) is 0 Å². The number of hydrogen-bond acceptors (Lipinski definition) is 2. The maximum Gasteiger partial charge on any atom is 0.328 e. The zero-order chi connectivity index (χ0) is 6.91. The Hall–Kier alpha value is -0.830. The van der Waals surface area contributed by atoms with Crippen LogP contribution in [-0.4, -0.2) is 23.3 Å². The predicted octanol–water partition coefficient (Wildman–Crippen LogP) is 0.416. The first-order chi connectivity index (χ1) is 4.12. The van der Waals surface area contributed by atoms with Gasteiger partial charge in [-0.25, -0.2) is 4.79 Å². The SMILES string of the molecule is CC1(C=CC(=O)O)CO1. The van der Waals surface area contributed by atoms with Gasteiger partial charge in [0.05, 0.1) is 6.61 Å². The molecule has 0 saturated carbocycles. The number of carbonyl (C=O) groups is 1. The van der Waals surface area contributed by atoms with Crippen LogP contribution in [0.15, 0.2) is 12.2 Å². The molecule has 1 N–H and O–H groups in total. The molecule has 1 atom stereocenters. The van der Waals surface area contributed by atoms with Gasteiger partial charge in [0.15, 0.2) is 0 Å². The highest BCUT2D eigenvalue weighted by atomic mass is 16.6. The van der Waals surface area contributed by atoms with Crippen molar-refractivity contribution < 1.29 is 14.6 Å². The second-order valence-electron chi connectivity index (χ2n) is 2.27. The van der Waals surface area contributed by atoms with E-state index in [1.165, 1.54) is 0 Å². The first kappa shape index (κ1) is 6.29. The third-order valence-corrected chi connectivity index (χ3v) is 1.18. The third-order valence-electron chi connectivity index (χ3n) is 1.18. The Morgan fingerprint density at radius 3 is 2.78 bits per heavy atom. The van der Waals surface area contributed by atoms with Gasteiger partial charge in [-0.2, -0.15) is 0 Å². The van der Waals surface area contributed by atoms with E-state index in [9.17, 15) is 4.79 Å². The van der Waals surface area contributed by atoms with Crippen molar-refractivity contribution in [2.24, 2.45) is 0 Å². The average molecular weight is 128 g/mol. The second-order valence-corrected chi connectivity index (χ2v) is 2.27. The molecule has 1 aliphatic heterocycles. The Balaban J connectivity index is 2.40. The van der Waals surface area contributed by atoms with Crippen molar-refractivity contribution in [3.05, 3.63) is 12.2 Å². The van der Waals surface area contributed by atoms with Gasteiger partial charge in [-0.05, 0) is 13.0 Å². The number of hydrogen-bond donors (Lipinski definition) is 1. The number of carboxylic acids is 1. The molecule has 0 aliphatic carbocycles. The third kappa shape index (κ3) is 1.85. The van der Waals surface area contributed by atoms with E-state index in [-0.39, 0.29) is 5.60 Å². The van der Waals surface area contributed by atoms with Crippen LogP contribution in [0.2, 0.25) is 0 Å². The van der Waals surface area contributed by atoms with Gasteiger partial charge >= 0.3 is 5.97 Å². The molecule has 0 amide bonds. The van der Waals surface area contributed by atoms with Crippen LogP contribution in [0.25, 0.3) is 0 Å². The van der Waals surface area contributed by atoms with Gasteiger partial charge in [-0.3, -0.25) is 0 Å². The van der Waals surface area contributed by atoms with Crippen LogP contribution in [0.4, 0.5) is 0 Å². The lowest BCUT2D eigenvalue weighted by Gasteiger charge is -1.89. The average Bonchev–Trinajstić information content (AvgIpc) is 2.45. The molecule has 0 aromatic carbocycles. The van der Waals surface area contributed by atoms with Crippen LogP contribution in [0.3, 0.4) is 0 Å². The highest BCUT2D eigenvalue weighted by Gasteiger charge is 2.36. The van der Waals surface area contributed by atoms with Crippen molar-refractivity contribution in [2.45, 2.75) is 12.5 Å². The molecule has 9 heavy (non-hydrogen) atoms. The lowest BCUT2D eigenvalue weighted by atomic mass is 10.2. The Bertz CT molecular complexity index is 156. The second kappa shape index (κ2) is 1.84. The van der Waals surface area contributed by atoms with Gasteiger partial charge in [0.2, 0.25) is 0 Å². The Morgan fingerprint density at radius 2 is 2.44 bits per heavy atom. The van der Waals surface area contributed by atoms with Gasteiger partial charge in [0.1, 0.15) is 5.60 Å². The minimum atomic E-state index is -0.924.